The summed E-state index contributed by atoms with van der Waals surface area (Å²) >= 11 is 1.44. The van der Waals surface area contributed by atoms with Gasteiger partial charge in [-0.05, 0) is 55.3 Å². The molecule has 8 heteroatoms. The molecule has 0 unspecified atom stereocenters. The Bertz CT molecular complexity index is 1230. The topological polar surface area (TPSA) is 75.7 Å². The van der Waals surface area contributed by atoms with Gasteiger partial charge in [-0.2, -0.15) is 4.31 Å². The molecule has 3 heterocycles. The van der Waals surface area contributed by atoms with Crippen molar-refractivity contribution >= 4 is 33.0 Å². The fourth-order valence-electron chi connectivity index (χ4n) is 3.97. The molecule has 1 N–H and O–H groups in total. The standard InChI is InChI=1S/C23H22N2O4S2/c26-23(21-14-16-15-29-20-7-3-2-6-19(20)22(16)30-21)24-17-8-10-18(11-9-17)31(27,28)25-12-4-1-5-13-25/h2-3,6-11,14H,1,4-5,12-13,15H2,(H,24,26). The summed E-state index contributed by atoms with van der Waals surface area (Å²) in [4.78, 5) is 14.7. The summed E-state index contributed by atoms with van der Waals surface area (Å²) < 4.78 is 32.9. The molecule has 3 aromatic rings. The van der Waals surface area contributed by atoms with Gasteiger partial charge in [-0.25, -0.2) is 8.42 Å². The van der Waals surface area contributed by atoms with E-state index < -0.39 is 10.0 Å². The number of fused-ring (bicyclic) bond motifs is 3. The Morgan fingerprint density at radius 2 is 1.74 bits per heavy atom. The predicted octanol–water partition coefficient (Wildman–Crippen LogP) is 4.73. The van der Waals surface area contributed by atoms with Gasteiger partial charge in [-0.3, -0.25) is 4.79 Å². The fourth-order valence-corrected chi connectivity index (χ4v) is 6.58. The Kier molecular flexibility index (Phi) is 5.29. The van der Waals surface area contributed by atoms with Crippen LogP contribution in [0.4, 0.5) is 5.69 Å². The number of anilines is 1. The molecular weight excluding hydrogens is 432 g/mol. The third kappa shape index (κ3) is 3.86. The number of amides is 1. The summed E-state index contributed by atoms with van der Waals surface area (Å²) in [7, 11) is -3.48. The van der Waals surface area contributed by atoms with Crippen molar-refractivity contribution in [2.24, 2.45) is 0 Å². The SMILES string of the molecule is O=C(Nc1ccc(S(=O)(=O)N2CCCCC2)cc1)c1cc2c(s1)-c1ccccc1OC2. The molecule has 1 fully saturated rings. The van der Waals surface area contributed by atoms with E-state index in [1.807, 2.05) is 30.3 Å². The van der Waals surface area contributed by atoms with Gasteiger partial charge < -0.3 is 10.1 Å². The van der Waals surface area contributed by atoms with Crippen LogP contribution in [0.2, 0.25) is 0 Å². The van der Waals surface area contributed by atoms with Crippen molar-refractivity contribution in [2.75, 3.05) is 18.4 Å². The van der Waals surface area contributed by atoms with Gasteiger partial charge in [0.25, 0.3) is 5.91 Å². The van der Waals surface area contributed by atoms with Crippen molar-refractivity contribution in [3.8, 4) is 16.2 Å². The van der Waals surface area contributed by atoms with Crippen LogP contribution in [0.15, 0.2) is 59.5 Å². The van der Waals surface area contributed by atoms with Crippen LogP contribution in [-0.4, -0.2) is 31.7 Å². The molecule has 0 radical (unpaired) electrons. The van der Waals surface area contributed by atoms with Gasteiger partial charge in [0.1, 0.15) is 12.4 Å². The van der Waals surface area contributed by atoms with Crippen LogP contribution in [0, 0.1) is 0 Å². The quantitative estimate of drug-likeness (QED) is 0.618. The molecule has 160 valence electrons. The van der Waals surface area contributed by atoms with E-state index in [9.17, 15) is 13.2 Å². The lowest BCUT2D eigenvalue weighted by Crippen LogP contribution is -2.35. The molecule has 2 aliphatic heterocycles. The zero-order valence-corrected chi connectivity index (χ0v) is 18.5. The first-order valence-electron chi connectivity index (χ1n) is 10.3. The van der Waals surface area contributed by atoms with Crippen LogP contribution in [0.1, 0.15) is 34.5 Å². The number of rotatable bonds is 4. The molecule has 6 nitrogen and oxygen atoms in total. The van der Waals surface area contributed by atoms with Crippen molar-refractivity contribution in [1.82, 2.24) is 4.31 Å². The number of piperidine rings is 1. The lowest BCUT2D eigenvalue weighted by Gasteiger charge is -2.25. The van der Waals surface area contributed by atoms with E-state index in [1.54, 1.807) is 28.6 Å². The Balaban J connectivity index is 1.32. The molecule has 5 rings (SSSR count). The summed E-state index contributed by atoms with van der Waals surface area (Å²) in [6.07, 6.45) is 2.86. The Hall–Kier alpha value is -2.68. The van der Waals surface area contributed by atoms with Crippen LogP contribution in [0.3, 0.4) is 0 Å². The number of sulfonamides is 1. The first kappa shape index (κ1) is 20.2. The van der Waals surface area contributed by atoms with E-state index in [4.69, 9.17) is 4.74 Å². The number of nitrogens with zero attached hydrogens (tertiary/aromatic N) is 1. The molecule has 0 aliphatic carbocycles. The molecule has 1 amide bonds. The zero-order chi connectivity index (χ0) is 21.4. The third-order valence-electron chi connectivity index (χ3n) is 5.61. The number of benzene rings is 2. The van der Waals surface area contributed by atoms with Gasteiger partial charge in [0.05, 0.1) is 9.77 Å². The lowest BCUT2D eigenvalue weighted by molar-refractivity contribution is 0.103. The van der Waals surface area contributed by atoms with Crippen LogP contribution < -0.4 is 10.1 Å². The Morgan fingerprint density at radius 1 is 1.00 bits per heavy atom. The minimum atomic E-state index is -3.48. The maximum absolute atomic E-state index is 12.8. The number of hydrogen-bond donors (Lipinski definition) is 1. The van der Waals surface area contributed by atoms with Gasteiger partial charge >= 0.3 is 0 Å². The molecule has 0 bridgehead atoms. The van der Waals surface area contributed by atoms with Crippen LogP contribution >= 0.6 is 11.3 Å². The van der Waals surface area contributed by atoms with Crippen molar-refractivity contribution in [2.45, 2.75) is 30.8 Å². The largest absolute Gasteiger partial charge is 0.488 e. The molecule has 0 saturated carbocycles. The molecule has 1 aromatic heterocycles. The monoisotopic (exact) mass is 454 g/mol. The maximum atomic E-state index is 12.8. The maximum Gasteiger partial charge on any atom is 0.265 e. The highest BCUT2D eigenvalue weighted by Gasteiger charge is 2.26. The highest BCUT2D eigenvalue weighted by molar-refractivity contribution is 7.89. The van der Waals surface area contributed by atoms with E-state index in [1.165, 1.54) is 11.3 Å². The van der Waals surface area contributed by atoms with Gasteiger partial charge in [0.15, 0.2) is 0 Å². The average molecular weight is 455 g/mol. The van der Waals surface area contributed by atoms with Crippen molar-refractivity contribution in [3.05, 3.63) is 65.0 Å². The van der Waals surface area contributed by atoms with Crippen molar-refractivity contribution in [1.29, 1.82) is 0 Å². The van der Waals surface area contributed by atoms with E-state index in [2.05, 4.69) is 5.32 Å². The number of para-hydroxylation sites is 1. The Morgan fingerprint density at radius 3 is 2.52 bits per heavy atom. The van der Waals surface area contributed by atoms with Crippen molar-refractivity contribution < 1.29 is 17.9 Å². The van der Waals surface area contributed by atoms with E-state index in [-0.39, 0.29) is 10.8 Å². The molecule has 2 aliphatic rings. The smallest absolute Gasteiger partial charge is 0.265 e. The van der Waals surface area contributed by atoms with Gasteiger partial charge in [-0.15, -0.1) is 11.3 Å². The van der Waals surface area contributed by atoms with Crippen LogP contribution in [0.5, 0.6) is 5.75 Å². The van der Waals surface area contributed by atoms with Crippen LogP contribution in [0.25, 0.3) is 10.4 Å². The minimum absolute atomic E-state index is 0.219. The second-order valence-corrected chi connectivity index (χ2v) is 10.7. The number of carbonyl (C=O) groups is 1. The van der Waals surface area contributed by atoms with E-state index in [0.29, 0.717) is 30.3 Å². The van der Waals surface area contributed by atoms with Gasteiger partial charge in [-0.1, -0.05) is 18.6 Å². The predicted molar refractivity (Wildman–Crippen MR) is 121 cm³/mol. The second-order valence-electron chi connectivity index (χ2n) is 7.69. The molecule has 0 spiro atoms. The molecule has 1 saturated heterocycles. The highest BCUT2D eigenvalue weighted by atomic mass is 32.2. The summed E-state index contributed by atoms with van der Waals surface area (Å²) in [5.74, 6) is 0.609. The summed E-state index contributed by atoms with van der Waals surface area (Å²) in [5, 5.41) is 2.87. The normalized spacial score (nSPS) is 16.1. The first-order valence-corrected chi connectivity index (χ1v) is 12.5. The number of nitrogens with one attached hydrogen (secondary N) is 1. The van der Waals surface area contributed by atoms with E-state index in [0.717, 1.165) is 41.0 Å². The second kappa shape index (κ2) is 8.11. The Labute approximate surface area is 185 Å². The van der Waals surface area contributed by atoms with Gasteiger partial charge in [0, 0.05) is 34.8 Å². The highest BCUT2D eigenvalue weighted by Crippen LogP contribution is 2.42. The third-order valence-corrected chi connectivity index (χ3v) is 8.73. The molecule has 31 heavy (non-hydrogen) atoms. The minimum Gasteiger partial charge on any atom is -0.488 e. The zero-order valence-electron chi connectivity index (χ0n) is 16.8. The summed E-state index contributed by atoms with van der Waals surface area (Å²) in [6.45, 7) is 1.58. The molecular formula is C23H22N2O4S2. The molecule has 2 aromatic carbocycles. The number of carbonyl (C=O) groups excluding carboxylic acids is 1. The van der Waals surface area contributed by atoms with Crippen molar-refractivity contribution in [3.63, 3.8) is 0 Å². The van der Waals surface area contributed by atoms with E-state index >= 15 is 0 Å². The number of thiophene rings is 1. The average Bonchev–Trinajstić information content (AvgIpc) is 3.25. The molecule has 0 atom stereocenters. The fraction of sp³-hybridized carbons (Fsp3) is 0.261. The lowest BCUT2D eigenvalue weighted by atomic mass is 10.1. The number of hydrogen-bond acceptors (Lipinski definition) is 5. The first-order chi connectivity index (χ1) is 15.0. The van der Waals surface area contributed by atoms with Crippen LogP contribution in [-0.2, 0) is 16.6 Å². The van der Waals surface area contributed by atoms with Gasteiger partial charge in [0.2, 0.25) is 10.0 Å². The summed E-state index contributed by atoms with van der Waals surface area (Å²) in [6, 6.07) is 16.1. The number of ether oxygens (including phenoxy) is 1. The summed E-state index contributed by atoms with van der Waals surface area (Å²) in [5.41, 5.74) is 2.56.